The molecular formula is C19H14ClN3O. The molecular weight excluding hydrogens is 322 g/mol. The van der Waals surface area contributed by atoms with E-state index in [0.717, 1.165) is 33.8 Å². The predicted octanol–water partition coefficient (Wildman–Crippen LogP) is 3.88. The molecule has 0 radical (unpaired) electrons. The second kappa shape index (κ2) is 6.06. The van der Waals surface area contributed by atoms with Gasteiger partial charge in [0, 0.05) is 35.1 Å². The average Bonchev–Trinajstić information content (AvgIpc) is 2.95. The van der Waals surface area contributed by atoms with Gasteiger partial charge in [-0.2, -0.15) is 0 Å². The third-order valence-corrected chi connectivity index (χ3v) is 4.26. The van der Waals surface area contributed by atoms with E-state index in [4.69, 9.17) is 11.6 Å². The maximum absolute atomic E-state index is 11.4. The molecule has 1 amide bonds. The van der Waals surface area contributed by atoms with Crippen LogP contribution in [0, 0.1) is 0 Å². The van der Waals surface area contributed by atoms with Crippen LogP contribution in [0.4, 0.5) is 5.69 Å². The van der Waals surface area contributed by atoms with E-state index < -0.39 is 0 Å². The van der Waals surface area contributed by atoms with Gasteiger partial charge in [-0.05, 0) is 41.0 Å². The first-order valence-electron chi connectivity index (χ1n) is 7.66. The molecule has 1 aliphatic heterocycles. The third kappa shape index (κ3) is 3.01. The number of aromatic nitrogens is 2. The summed E-state index contributed by atoms with van der Waals surface area (Å²) in [5.41, 5.74) is 4.94. The lowest BCUT2D eigenvalue weighted by atomic mass is 10.0. The lowest BCUT2D eigenvalue weighted by Crippen LogP contribution is -2.03. The molecule has 0 bridgehead atoms. The molecule has 1 aromatic heterocycles. The van der Waals surface area contributed by atoms with Crippen molar-refractivity contribution in [2.24, 2.45) is 0 Å². The molecule has 4 rings (SSSR count). The van der Waals surface area contributed by atoms with E-state index in [1.807, 2.05) is 54.9 Å². The summed E-state index contributed by atoms with van der Waals surface area (Å²) in [6.45, 7) is 0. The predicted molar refractivity (Wildman–Crippen MR) is 94.1 cm³/mol. The molecule has 1 aliphatic rings. The SMILES string of the molecule is O=C1Cc2cc(-c3cnc(Cc4cccc(Cl)c4)nc3)ccc2N1. The lowest BCUT2D eigenvalue weighted by molar-refractivity contribution is -0.115. The van der Waals surface area contributed by atoms with E-state index >= 15 is 0 Å². The summed E-state index contributed by atoms with van der Waals surface area (Å²) >= 11 is 6.00. The number of anilines is 1. The van der Waals surface area contributed by atoms with Crippen LogP contribution in [0.2, 0.25) is 5.02 Å². The van der Waals surface area contributed by atoms with Crippen LogP contribution in [-0.2, 0) is 17.6 Å². The van der Waals surface area contributed by atoms with Crippen molar-refractivity contribution >= 4 is 23.2 Å². The summed E-state index contributed by atoms with van der Waals surface area (Å²) in [6, 6.07) is 13.6. The van der Waals surface area contributed by atoms with Crippen molar-refractivity contribution in [1.82, 2.24) is 9.97 Å². The molecule has 118 valence electrons. The highest BCUT2D eigenvalue weighted by atomic mass is 35.5. The number of nitrogens with zero attached hydrogens (tertiary/aromatic N) is 2. The van der Waals surface area contributed by atoms with Crippen LogP contribution in [0.5, 0.6) is 0 Å². The second-order valence-electron chi connectivity index (χ2n) is 5.79. The number of amides is 1. The largest absolute Gasteiger partial charge is 0.326 e. The summed E-state index contributed by atoms with van der Waals surface area (Å²) in [6.07, 6.45) is 4.71. The van der Waals surface area contributed by atoms with Gasteiger partial charge in [0.05, 0.1) is 6.42 Å². The highest BCUT2D eigenvalue weighted by Gasteiger charge is 2.17. The minimum atomic E-state index is 0.0373. The maximum atomic E-state index is 11.4. The van der Waals surface area contributed by atoms with Crippen molar-refractivity contribution in [1.29, 1.82) is 0 Å². The summed E-state index contributed by atoms with van der Waals surface area (Å²) in [7, 11) is 0. The molecule has 5 heteroatoms. The number of halogens is 1. The fraction of sp³-hybridized carbons (Fsp3) is 0.105. The van der Waals surface area contributed by atoms with E-state index in [1.165, 1.54) is 0 Å². The van der Waals surface area contributed by atoms with Crippen LogP contribution in [0.3, 0.4) is 0 Å². The normalized spacial score (nSPS) is 12.8. The van der Waals surface area contributed by atoms with Crippen LogP contribution in [0.15, 0.2) is 54.9 Å². The number of benzene rings is 2. The summed E-state index contributed by atoms with van der Waals surface area (Å²) < 4.78 is 0. The van der Waals surface area contributed by atoms with Gasteiger partial charge in [-0.3, -0.25) is 4.79 Å². The van der Waals surface area contributed by atoms with Crippen molar-refractivity contribution in [2.45, 2.75) is 12.8 Å². The minimum Gasteiger partial charge on any atom is -0.326 e. The van der Waals surface area contributed by atoms with Gasteiger partial charge >= 0.3 is 0 Å². The van der Waals surface area contributed by atoms with E-state index in [1.54, 1.807) is 0 Å². The Morgan fingerprint density at radius 2 is 1.88 bits per heavy atom. The Balaban J connectivity index is 1.56. The van der Waals surface area contributed by atoms with Gasteiger partial charge in [-0.25, -0.2) is 9.97 Å². The number of carbonyl (C=O) groups is 1. The Kier molecular flexibility index (Phi) is 3.75. The van der Waals surface area contributed by atoms with Gasteiger partial charge in [-0.1, -0.05) is 29.8 Å². The minimum absolute atomic E-state index is 0.0373. The maximum Gasteiger partial charge on any atom is 0.228 e. The number of hydrogen-bond donors (Lipinski definition) is 1. The number of rotatable bonds is 3. The van der Waals surface area contributed by atoms with Gasteiger partial charge in [-0.15, -0.1) is 0 Å². The van der Waals surface area contributed by atoms with E-state index in [9.17, 15) is 4.79 Å². The van der Waals surface area contributed by atoms with E-state index in [0.29, 0.717) is 17.9 Å². The molecule has 4 nitrogen and oxygen atoms in total. The first-order chi connectivity index (χ1) is 11.7. The molecule has 24 heavy (non-hydrogen) atoms. The first kappa shape index (κ1) is 14.8. The molecule has 0 saturated heterocycles. The van der Waals surface area contributed by atoms with Gasteiger partial charge in [0.2, 0.25) is 5.91 Å². The Labute approximate surface area is 144 Å². The topological polar surface area (TPSA) is 54.9 Å². The number of fused-ring (bicyclic) bond motifs is 1. The highest BCUT2D eigenvalue weighted by molar-refractivity contribution is 6.30. The molecule has 0 spiro atoms. The number of nitrogens with one attached hydrogen (secondary N) is 1. The number of hydrogen-bond acceptors (Lipinski definition) is 3. The first-order valence-corrected chi connectivity index (χ1v) is 8.04. The third-order valence-electron chi connectivity index (χ3n) is 4.02. The summed E-state index contributed by atoms with van der Waals surface area (Å²) in [4.78, 5) is 20.3. The zero-order chi connectivity index (χ0) is 16.5. The smallest absolute Gasteiger partial charge is 0.228 e. The quantitative estimate of drug-likeness (QED) is 0.790. The van der Waals surface area contributed by atoms with Gasteiger partial charge in [0.25, 0.3) is 0 Å². The van der Waals surface area contributed by atoms with Crippen molar-refractivity contribution in [3.05, 3.63) is 76.8 Å². The monoisotopic (exact) mass is 335 g/mol. The summed E-state index contributed by atoms with van der Waals surface area (Å²) in [5.74, 6) is 0.786. The van der Waals surface area contributed by atoms with Gasteiger partial charge in [0.1, 0.15) is 5.82 Å². The average molecular weight is 336 g/mol. The van der Waals surface area contributed by atoms with E-state index in [-0.39, 0.29) is 5.91 Å². The standard InChI is InChI=1S/C19H14ClN3O/c20-16-3-1-2-12(6-16)7-18-21-10-15(11-22-18)13-4-5-17-14(8-13)9-19(24)23-17/h1-6,8,10-11H,7,9H2,(H,23,24). The van der Waals surface area contributed by atoms with Crippen molar-refractivity contribution in [3.8, 4) is 11.1 Å². The fourth-order valence-corrected chi connectivity index (χ4v) is 3.05. The van der Waals surface area contributed by atoms with E-state index in [2.05, 4.69) is 15.3 Å². The Morgan fingerprint density at radius 3 is 2.67 bits per heavy atom. The zero-order valence-electron chi connectivity index (χ0n) is 12.8. The Morgan fingerprint density at radius 1 is 1.04 bits per heavy atom. The second-order valence-corrected chi connectivity index (χ2v) is 6.23. The fourth-order valence-electron chi connectivity index (χ4n) is 2.83. The molecule has 0 fully saturated rings. The van der Waals surface area contributed by atoms with Crippen LogP contribution in [-0.4, -0.2) is 15.9 Å². The molecule has 2 heterocycles. The molecule has 0 saturated carbocycles. The molecule has 0 aliphatic carbocycles. The summed E-state index contributed by atoms with van der Waals surface area (Å²) in [5, 5.41) is 3.55. The molecule has 1 N–H and O–H groups in total. The molecule has 0 unspecified atom stereocenters. The van der Waals surface area contributed by atoms with Crippen molar-refractivity contribution in [2.75, 3.05) is 5.32 Å². The van der Waals surface area contributed by atoms with Crippen LogP contribution in [0.25, 0.3) is 11.1 Å². The molecule has 2 aromatic carbocycles. The Bertz CT molecular complexity index is 922. The van der Waals surface area contributed by atoms with Crippen LogP contribution in [0.1, 0.15) is 17.0 Å². The van der Waals surface area contributed by atoms with Crippen molar-refractivity contribution in [3.63, 3.8) is 0 Å². The van der Waals surface area contributed by atoms with Crippen LogP contribution < -0.4 is 5.32 Å². The van der Waals surface area contributed by atoms with Crippen LogP contribution >= 0.6 is 11.6 Å². The molecule has 0 atom stereocenters. The molecule has 3 aromatic rings. The van der Waals surface area contributed by atoms with Gasteiger partial charge in [0.15, 0.2) is 0 Å². The zero-order valence-corrected chi connectivity index (χ0v) is 13.5. The van der Waals surface area contributed by atoms with Gasteiger partial charge < -0.3 is 5.32 Å². The lowest BCUT2D eigenvalue weighted by Gasteiger charge is -2.06. The number of carbonyl (C=O) groups excluding carboxylic acids is 1. The Hall–Kier alpha value is -2.72. The van der Waals surface area contributed by atoms with Crippen molar-refractivity contribution < 1.29 is 4.79 Å². The highest BCUT2D eigenvalue weighted by Crippen LogP contribution is 2.28.